The first-order valence-corrected chi connectivity index (χ1v) is 10.5. The highest BCUT2D eigenvalue weighted by Crippen LogP contribution is 2.35. The number of pyridine rings is 1. The Kier molecular flexibility index (Phi) is 5.01. The SMILES string of the molecule is O=C(c1ccoc1)N1C[C@@H]2C[C@H](C1)c1ccc(CN3CCCOCC3)c(=O)n1C2. The van der Waals surface area contributed by atoms with Gasteiger partial charge in [0, 0.05) is 63.1 Å². The van der Waals surface area contributed by atoms with Crippen LogP contribution in [-0.4, -0.2) is 59.7 Å². The van der Waals surface area contributed by atoms with Crippen LogP contribution in [0.25, 0.3) is 0 Å². The maximum Gasteiger partial charge on any atom is 0.257 e. The van der Waals surface area contributed by atoms with Crippen LogP contribution >= 0.6 is 0 Å². The number of nitrogens with zero attached hydrogens (tertiary/aromatic N) is 3. The normalized spacial score (nSPS) is 24.8. The summed E-state index contributed by atoms with van der Waals surface area (Å²) in [5.74, 6) is 0.549. The van der Waals surface area contributed by atoms with Gasteiger partial charge in [-0.15, -0.1) is 0 Å². The van der Waals surface area contributed by atoms with Crippen LogP contribution in [0.3, 0.4) is 0 Å². The van der Waals surface area contributed by atoms with Crippen LogP contribution < -0.4 is 5.56 Å². The van der Waals surface area contributed by atoms with Crippen molar-refractivity contribution >= 4 is 5.91 Å². The Morgan fingerprint density at radius 3 is 2.90 bits per heavy atom. The third-order valence-electron chi connectivity index (χ3n) is 6.45. The summed E-state index contributed by atoms with van der Waals surface area (Å²) < 4.78 is 12.6. The van der Waals surface area contributed by atoms with Crippen LogP contribution in [0.15, 0.2) is 39.9 Å². The lowest BCUT2D eigenvalue weighted by Gasteiger charge is -2.42. The van der Waals surface area contributed by atoms with Crippen molar-refractivity contribution < 1.29 is 13.9 Å². The van der Waals surface area contributed by atoms with Crippen LogP contribution in [0.1, 0.15) is 40.4 Å². The summed E-state index contributed by atoms with van der Waals surface area (Å²) in [6.07, 6.45) is 5.09. The number of furan rings is 1. The van der Waals surface area contributed by atoms with Crippen molar-refractivity contribution in [3.8, 4) is 0 Å². The van der Waals surface area contributed by atoms with Gasteiger partial charge in [0.25, 0.3) is 11.5 Å². The Morgan fingerprint density at radius 2 is 2.03 bits per heavy atom. The summed E-state index contributed by atoms with van der Waals surface area (Å²) in [6.45, 7) is 6.10. The molecular formula is C22H27N3O4. The second kappa shape index (κ2) is 7.80. The minimum Gasteiger partial charge on any atom is -0.472 e. The monoisotopic (exact) mass is 397 g/mol. The molecule has 0 N–H and O–H groups in total. The van der Waals surface area contributed by atoms with Gasteiger partial charge in [-0.3, -0.25) is 14.5 Å². The molecule has 29 heavy (non-hydrogen) atoms. The van der Waals surface area contributed by atoms with Crippen LogP contribution in [-0.2, 0) is 17.8 Å². The Morgan fingerprint density at radius 1 is 1.10 bits per heavy atom. The molecule has 0 radical (unpaired) electrons. The fourth-order valence-corrected chi connectivity index (χ4v) is 5.04. The third kappa shape index (κ3) is 3.65. The van der Waals surface area contributed by atoms with Crippen molar-refractivity contribution in [3.63, 3.8) is 0 Å². The van der Waals surface area contributed by atoms with E-state index in [4.69, 9.17) is 9.15 Å². The van der Waals surface area contributed by atoms with E-state index in [1.165, 1.54) is 12.5 Å². The van der Waals surface area contributed by atoms with Crippen LogP contribution in [0, 0.1) is 5.92 Å². The Bertz CT molecular complexity index is 928. The van der Waals surface area contributed by atoms with Crippen LogP contribution in [0.5, 0.6) is 0 Å². The number of ether oxygens (including phenoxy) is 1. The number of aromatic nitrogens is 1. The average molecular weight is 397 g/mol. The molecule has 3 aliphatic rings. The molecule has 1 amide bonds. The molecule has 3 aliphatic heterocycles. The zero-order valence-corrected chi connectivity index (χ0v) is 16.6. The molecule has 2 fully saturated rings. The highest BCUT2D eigenvalue weighted by molar-refractivity contribution is 5.94. The lowest BCUT2D eigenvalue weighted by molar-refractivity contribution is 0.0593. The molecule has 7 heteroatoms. The summed E-state index contributed by atoms with van der Waals surface area (Å²) in [4.78, 5) is 30.2. The maximum absolute atomic E-state index is 13.2. The molecule has 154 valence electrons. The van der Waals surface area contributed by atoms with Gasteiger partial charge in [0.1, 0.15) is 6.26 Å². The van der Waals surface area contributed by atoms with Gasteiger partial charge in [-0.25, -0.2) is 0 Å². The second-order valence-electron chi connectivity index (χ2n) is 8.46. The molecule has 2 atom stereocenters. The minimum absolute atomic E-state index is 0.0178. The number of carbonyl (C=O) groups is 1. The predicted molar refractivity (Wildman–Crippen MR) is 107 cm³/mol. The Labute approximate surface area is 169 Å². The van der Waals surface area contributed by atoms with Gasteiger partial charge in [-0.05, 0) is 30.9 Å². The summed E-state index contributed by atoms with van der Waals surface area (Å²) in [6, 6.07) is 5.82. The van der Waals surface area contributed by atoms with Gasteiger partial charge in [-0.2, -0.15) is 0 Å². The molecular weight excluding hydrogens is 370 g/mol. The van der Waals surface area contributed by atoms with Crippen molar-refractivity contribution in [2.75, 3.05) is 39.4 Å². The quantitative estimate of drug-likeness (QED) is 0.792. The average Bonchev–Trinajstić information content (AvgIpc) is 3.15. The van der Waals surface area contributed by atoms with Crippen molar-refractivity contribution in [3.05, 3.63) is 57.9 Å². The zero-order valence-electron chi connectivity index (χ0n) is 16.6. The molecule has 2 aromatic rings. The van der Waals surface area contributed by atoms with Gasteiger partial charge in [0.15, 0.2) is 0 Å². The molecule has 0 saturated carbocycles. The first kappa shape index (κ1) is 18.6. The van der Waals surface area contributed by atoms with E-state index in [0.717, 1.165) is 50.4 Å². The standard InChI is InChI=1S/C22H27N3O4/c26-21(18-4-8-29-15-18)24-11-16-10-19(14-24)20-3-2-17(22(27)25(20)12-16)13-23-5-1-7-28-9-6-23/h2-4,8,15-16,19H,1,5-7,9-14H2/t16-,19+/m0/s1. The largest absolute Gasteiger partial charge is 0.472 e. The highest BCUT2D eigenvalue weighted by Gasteiger charge is 2.37. The number of carbonyl (C=O) groups excluding carboxylic acids is 1. The zero-order chi connectivity index (χ0) is 19.8. The summed E-state index contributed by atoms with van der Waals surface area (Å²) in [7, 11) is 0. The Hall–Kier alpha value is -2.38. The fourth-order valence-electron chi connectivity index (χ4n) is 5.04. The van der Waals surface area contributed by atoms with Gasteiger partial charge in [0.05, 0.1) is 18.4 Å². The van der Waals surface area contributed by atoms with E-state index in [0.29, 0.717) is 37.7 Å². The van der Waals surface area contributed by atoms with Crippen LogP contribution in [0.2, 0.25) is 0 Å². The number of hydrogen-bond acceptors (Lipinski definition) is 5. The van der Waals surface area contributed by atoms with Crippen molar-refractivity contribution in [2.24, 2.45) is 5.92 Å². The summed E-state index contributed by atoms with van der Waals surface area (Å²) >= 11 is 0. The molecule has 2 bridgehead atoms. The maximum atomic E-state index is 13.2. The predicted octanol–water partition coefficient (Wildman–Crippen LogP) is 1.92. The molecule has 0 aromatic carbocycles. The van der Waals surface area contributed by atoms with Crippen molar-refractivity contribution in [2.45, 2.75) is 31.8 Å². The number of piperidine rings is 1. The van der Waals surface area contributed by atoms with Crippen LogP contribution in [0.4, 0.5) is 0 Å². The van der Waals surface area contributed by atoms with Gasteiger partial charge >= 0.3 is 0 Å². The van der Waals surface area contributed by atoms with E-state index in [1.807, 2.05) is 15.5 Å². The fraction of sp³-hybridized carbons (Fsp3) is 0.545. The molecule has 5 rings (SSSR count). The topological polar surface area (TPSA) is 67.9 Å². The molecule has 7 nitrogen and oxygen atoms in total. The van der Waals surface area contributed by atoms with E-state index in [2.05, 4.69) is 11.0 Å². The van der Waals surface area contributed by atoms with E-state index in [1.54, 1.807) is 6.07 Å². The lowest BCUT2D eigenvalue weighted by Crippen LogP contribution is -2.49. The van der Waals surface area contributed by atoms with Gasteiger partial charge in [0.2, 0.25) is 0 Å². The summed E-state index contributed by atoms with van der Waals surface area (Å²) in [5, 5.41) is 0. The summed E-state index contributed by atoms with van der Waals surface area (Å²) in [5.41, 5.74) is 2.66. The number of fused-ring (bicyclic) bond motifs is 4. The van der Waals surface area contributed by atoms with Crippen molar-refractivity contribution in [1.29, 1.82) is 0 Å². The first-order chi connectivity index (χ1) is 14.2. The minimum atomic E-state index is 0.0178. The van der Waals surface area contributed by atoms with Gasteiger partial charge in [-0.1, -0.05) is 6.07 Å². The molecule has 0 unspecified atom stereocenters. The van der Waals surface area contributed by atoms with E-state index < -0.39 is 0 Å². The molecule has 0 aliphatic carbocycles. The smallest absolute Gasteiger partial charge is 0.257 e. The number of amides is 1. The van der Waals surface area contributed by atoms with E-state index in [-0.39, 0.29) is 17.4 Å². The molecule has 5 heterocycles. The number of rotatable bonds is 3. The molecule has 2 aromatic heterocycles. The van der Waals surface area contributed by atoms with E-state index >= 15 is 0 Å². The Balaban J connectivity index is 1.36. The molecule has 0 spiro atoms. The van der Waals surface area contributed by atoms with Gasteiger partial charge < -0.3 is 18.6 Å². The van der Waals surface area contributed by atoms with E-state index in [9.17, 15) is 9.59 Å². The number of hydrogen-bond donors (Lipinski definition) is 0. The highest BCUT2D eigenvalue weighted by atomic mass is 16.5. The first-order valence-electron chi connectivity index (χ1n) is 10.5. The van der Waals surface area contributed by atoms with Crippen molar-refractivity contribution in [1.82, 2.24) is 14.4 Å². The molecule has 2 saturated heterocycles. The number of likely N-dealkylation sites (tertiary alicyclic amines) is 1. The second-order valence-corrected chi connectivity index (χ2v) is 8.46. The lowest BCUT2D eigenvalue weighted by atomic mass is 9.82. The third-order valence-corrected chi connectivity index (χ3v) is 6.45.